The van der Waals surface area contributed by atoms with Crippen LogP contribution in [0.5, 0.6) is 5.75 Å². The standard InChI is InChI=1S/C17H20N2O5S/c1-23-12-11-18-25(21,22)16-9-7-15(8-10-16)24-13-17(20)19-14-5-3-2-4-6-14/h2-10,18H,11-13H2,1H3,(H,19,20). The Balaban J connectivity index is 1.86. The molecule has 0 bridgehead atoms. The maximum Gasteiger partial charge on any atom is 0.262 e. The van der Waals surface area contributed by atoms with Crippen LogP contribution in [-0.2, 0) is 19.6 Å². The Morgan fingerprint density at radius 1 is 1.04 bits per heavy atom. The summed E-state index contributed by atoms with van der Waals surface area (Å²) in [5, 5.41) is 2.69. The molecule has 2 aromatic carbocycles. The number of benzene rings is 2. The van der Waals surface area contributed by atoms with E-state index in [1.165, 1.54) is 31.4 Å². The van der Waals surface area contributed by atoms with Crippen LogP contribution in [-0.4, -0.2) is 41.2 Å². The van der Waals surface area contributed by atoms with Crippen LogP contribution in [0.2, 0.25) is 0 Å². The summed E-state index contributed by atoms with van der Waals surface area (Å²) in [5.74, 6) is 0.100. The molecule has 0 fully saturated rings. The lowest BCUT2D eigenvalue weighted by Gasteiger charge is -2.09. The van der Waals surface area contributed by atoms with Crippen LogP contribution in [0, 0.1) is 0 Å². The van der Waals surface area contributed by atoms with Gasteiger partial charge in [-0.25, -0.2) is 13.1 Å². The number of rotatable bonds is 9. The smallest absolute Gasteiger partial charge is 0.262 e. The summed E-state index contributed by atoms with van der Waals surface area (Å²) in [7, 11) is -2.09. The first-order valence-electron chi connectivity index (χ1n) is 7.57. The first-order valence-corrected chi connectivity index (χ1v) is 9.06. The largest absolute Gasteiger partial charge is 0.484 e. The minimum Gasteiger partial charge on any atom is -0.484 e. The average Bonchev–Trinajstić information content (AvgIpc) is 2.61. The number of para-hydroxylation sites is 1. The van der Waals surface area contributed by atoms with Crippen LogP contribution in [0.1, 0.15) is 0 Å². The fraction of sp³-hybridized carbons (Fsp3) is 0.235. The highest BCUT2D eigenvalue weighted by Crippen LogP contribution is 2.16. The molecule has 8 heteroatoms. The lowest BCUT2D eigenvalue weighted by Crippen LogP contribution is -2.27. The van der Waals surface area contributed by atoms with E-state index in [0.29, 0.717) is 11.4 Å². The molecule has 2 N–H and O–H groups in total. The highest BCUT2D eigenvalue weighted by molar-refractivity contribution is 7.89. The number of methoxy groups -OCH3 is 1. The van der Waals surface area contributed by atoms with Crippen LogP contribution in [0.4, 0.5) is 5.69 Å². The van der Waals surface area contributed by atoms with E-state index < -0.39 is 10.0 Å². The fourth-order valence-corrected chi connectivity index (χ4v) is 2.96. The number of sulfonamides is 1. The van der Waals surface area contributed by atoms with E-state index in [1.54, 1.807) is 12.1 Å². The molecule has 1 amide bonds. The van der Waals surface area contributed by atoms with Gasteiger partial charge >= 0.3 is 0 Å². The zero-order chi connectivity index (χ0) is 18.1. The Morgan fingerprint density at radius 2 is 1.72 bits per heavy atom. The van der Waals surface area contributed by atoms with Gasteiger partial charge in [0.1, 0.15) is 5.75 Å². The van der Waals surface area contributed by atoms with Crippen molar-refractivity contribution < 1.29 is 22.7 Å². The van der Waals surface area contributed by atoms with Gasteiger partial charge in [0.15, 0.2) is 6.61 Å². The van der Waals surface area contributed by atoms with Crippen LogP contribution in [0.25, 0.3) is 0 Å². The van der Waals surface area contributed by atoms with E-state index in [-0.39, 0.29) is 30.6 Å². The topological polar surface area (TPSA) is 93.7 Å². The second kappa shape index (κ2) is 9.16. The van der Waals surface area contributed by atoms with Crippen molar-refractivity contribution in [1.82, 2.24) is 4.72 Å². The van der Waals surface area contributed by atoms with Crippen molar-refractivity contribution in [3.63, 3.8) is 0 Å². The van der Waals surface area contributed by atoms with E-state index in [0.717, 1.165) is 0 Å². The summed E-state index contributed by atoms with van der Waals surface area (Å²) in [6.45, 7) is 0.306. The van der Waals surface area contributed by atoms with Gasteiger partial charge in [-0.3, -0.25) is 4.79 Å². The molecule has 2 rings (SSSR count). The number of amides is 1. The molecule has 134 valence electrons. The molecule has 2 aromatic rings. The first kappa shape index (κ1) is 18.9. The van der Waals surface area contributed by atoms with Gasteiger partial charge in [0.2, 0.25) is 10.0 Å². The maximum absolute atomic E-state index is 12.0. The van der Waals surface area contributed by atoms with Crippen molar-refractivity contribution in [1.29, 1.82) is 0 Å². The summed E-state index contributed by atoms with van der Waals surface area (Å²) < 4.78 is 36.6. The maximum atomic E-state index is 12.0. The molecular weight excluding hydrogens is 344 g/mol. The Bertz CT molecular complexity index is 776. The number of carbonyl (C=O) groups is 1. The van der Waals surface area contributed by atoms with Gasteiger partial charge in [0, 0.05) is 19.3 Å². The summed E-state index contributed by atoms with van der Waals surface area (Å²) in [4.78, 5) is 11.9. The van der Waals surface area contributed by atoms with Gasteiger partial charge < -0.3 is 14.8 Å². The lowest BCUT2D eigenvalue weighted by atomic mass is 10.3. The van der Waals surface area contributed by atoms with Crippen LogP contribution >= 0.6 is 0 Å². The van der Waals surface area contributed by atoms with E-state index >= 15 is 0 Å². The fourth-order valence-electron chi connectivity index (χ4n) is 1.94. The van der Waals surface area contributed by atoms with Crippen LogP contribution < -0.4 is 14.8 Å². The molecule has 0 atom stereocenters. The van der Waals surface area contributed by atoms with Gasteiger partial charge in [0.05, 0.1) is 11.5 Å². The van der Waals surface area contributed by atoms with Gasteiger partial charge in [-0.2, -0.15) is 0 Å². The van der Waals surface area contributed by atoms with Crippen LogP contribution in [0.3, 0.4) is 0 Å². The first-order chi connectivity index (χ1) is 12.0. The van der Waals surface area contributed by atoms with Crippen molar-refractivity contribution in [2.45, 2.75) is 4.90 Å². The summed E-state index contributed by atoms with van der Waals surface area (Å²) in [6, 6.07) is 14.9. The summed E-state index contributed by atoms with van der Waals surface area (Å²) in [5.41, 5.74) is 0.680. The molecule has 7 nitrogen and oxygen atoms in total. The summed E-state index contributed by atoms with van der Waals surface area (Å²) in [6.07, 6.45) is 0. The Morgan fingerprint density at radius 3 is 2.36 bits per heavy atom. The van der Waals surface area contributed by atoms with Crippen molar-refractivity contribution in [3.05, 3.63) is 54.6 Å². The molecule has 0 aromatic heterocycles. The van der Waals surface area contributed by atoms with E-state index in [9.17, 15) is 13.2 Å². The molecule has 0 saturated carbocycles. The minimum absolute atomic E-state index is 0.115. The predicted octanol–water partition coefficient (Wildman–Crippen LogP) is 1.63. The number of hydrogen-bond acceptors (Lipinski definition) is 5. The van der Waals surface area contributed by atoms with Crippen molar-refractivity contribution in [3.8, 4) is 5.75 Å². The Kier molecular flexibility index (Phi) is 6.93. The van der Waals surface area contributed by atoms with E-state index in [4.69, 9.17) is 9.47 Å². The Labute approximate surface area is 147 Å². The molecule has 0 saturated heterocycles. The molecular formula is C17H20N2O5S. The molecule has 0 radical (unpaired) electrons. The molecule has 0 heterocycles. The highest BCUT2D eigenvalue weighted by Gasteiger charge is 2.13. The molecule has 0 aliphatic carbocycles. The molecule has 0 aliphatic heterocycles. The number of anilines is 1. The van der Waals surface area contributed by atoms with Gasteiger partial charge in [-0.1, -0.05) is 18.2 Å². The normalized spacial score (nSPS) is 11.1. The second-order valence-corrected chi connectivity index (χ2v) is 6.83. The van der Waals surface area contributed by atoms with Crippen LogP contribution in [0.15, 0.2) is 59.5 Å². The average molecular weight is 364 g/mol. The van der Waals surface area contributed by atoms with Gasteiger partial charge in [-0.15, -0.1) is 0 Å². The number of ether oxygens (including phenoxy) is 2. The van der Waals surface area contributed by atoms with Gasteiger partial charge in [-0.05, 0) is 36.4 Å². The summed E-state index contributed by atoms with van der Waals surface area (Å²) >= 11 is 0. The second-order valence-electron chi connectivity index (χ2n) is 5.06. The van der Waals surface area contributed by atoms with Crippen molar-refractivity contribution in [2.75, 3.05) is 32.2 Å². The quantitative estimate of drug-likeness (QED) is 0.660. The monoisotopic (exact) mass is 364 g/mol. The van der Waals surface area contributed by atoms with E-state index in [2.05, 4.69) is 10.0 Å². The zero-order valence-electron chi connectivity index (χ0n) is 13.8. The predicted molar refractivity (Wildman–Crippen MR) is 94.1 cm³/mol. The molecule has 0 spiro atoms. The third-order valence-corrected chi connectivity index (χ3v) is 4.64. The van der Waals surface area contributed by atoms with Crippen molar-refractivity contribution >= 4 is 21.6 Å². The zero-order valence-corrected chi connectivity index (χ0v) is 14.6. The number of hydrogen-bond donors (Lipinski definition) is 2. The minimum atomic E-state index is -3.59. The van der Waals surface area contributed by atoms with E-state index in [1.807, 2.05) is 18.2 Å². The SMILES string of the molecule is COCCNS(=O)(=O)c1ccc(OCC(=O)Nc2ccccc2)cc1. The lowest BCUT2D eigenvalue weighted by molar-refractivity contribution is -0.118. The number of nitrogens with one attached hydrogen (secondary N) is 2. The number of carbonyl (C=O) groups excluding carboxylic acids is 1. The molecule has 0 aliphatic rings. The van der Waals surface area contributed by atoms with Crippen molar-refractivity contribution in [2.24, 2.45) is 0 Å². The third-order valence-electron chi connectivity index (χ3n) is 3.16. The van der Waals surface area contributed by atoms with Gasteiger partial charge in [0.25, 0.3) is 5.91 Å². The highest BCUT2D eigenvalue weighted by atomic mass is 32.2. The Hall–Kier alpha value is -2.42. The molecule has 25 heavy (non-hydrogen) atoms. The third kappa shape index (κ3) is 6.18. The molecule has 0 unspecified atom stereocenters.